The van der Waals surface area contributed by atoms with Gasteiger partial charge in [0.15, 0.2) is 6.29 Å². The van der Waals surface area contributed by atoms with Gasteiger partial charge in [0.1, 0.15) is 5.75 Å². The lowest BCUT2D eigenvalue weighted by Crippen LogP contribution is -1.92. The summed E-state index contributed by atoms with van der Waals surface area (Å²) in [5, 5.41) is 9.08. The number of ether oxygens (including phenoxy) is 1. The molecule has 0 aliphatic carbocycles. The first kappa shape index (κ1) is 11.9. The zero-order valence-electron chi connectivity index (χ0n) is 9.88. The Balaban J connectivity index is 2.64. The molecule has 0 N–H and O–H groups in total. The van der Waals surface area contributed by atoms with Gasteiger partial charge >= 0.3 is 0 Å². The van der Waals surface area contributed by atoms with Gasteiger partial charge in [-0.1, -0.05) is 18.2 Å². The second kappa shape index (κ2) is 5.15. The number of methoxy groups -OCH3 is 1. The maximum Gasteiger partial charge on any atom is 0.150 e. The van der Waals surface area contributed by atoms with Gasteiger partial charge in [-0.05, 0) is 29.8 Å². The first-order valence-corrected chi connectivity index (χ1v) is 5.43. The van der Waals surface area contributed by atoms with E-state index < -0.39 is 0 Å². The highest BCUT2D eigenvalue weighted by molar-refractivity contribution is 5.89. The lowest BCUT2D eigenvalue weighted by atomic mass is 9.96. The quantitative estimate of drug-likeness (QED) is 0.771. The highest BCUT2D eigenvalue weighted by Gasteiger charge is 2.09. The summed E-state index contributed by atoms with van der Waals surface area (Å²) in [5.74, 6) is 0.621. The first-order valence-electron chi connectivity index (χ1n) is 5.43. The van der Waals surface area contributed by atoms with E-state index in [2.05, 4.69) is 6.07 Å². The average molecular weight is 237 g/mol. The highest BCUT2D eigenvalue weighted by atomic mass is 16.5. The van der Waals surface area contributed by atoms with E-state index in [0.717, 1.165) is 17.4 Å². The van der Waals surface area contributed by atoms with Gasteiger partial charge in [-0.3, -0.25) is 4.79 Å². The zero-order chi connectivity index (χ0) is 13.0. The molecule has 0 saturated heterocycles. The third-order valence-corrected chi connectivity index (χ3v) is 2.72. The fraction of sp³-hybridized carbons (Fsp3) is 0.0667. The van der Waals surface area contributed by atoms with E-state index in [1.807, 2.05) is 12.1 Å². The van der Waals surface area contributed by atoms with Gasteiger partial charge in [-0.2, -0.15) is 5.26 Å². The minimum Gasteiger partial charge on any atom is -0.497 e. The van der Waals surface area contributed by atoms with Gasteiger partial charge in [0.2, 0.25) is 0 Å². The summed E-state index contributed by atoms with van der Waals surface area (Å²) < 4.78 is 5.08. The number of benzene rings is 2. The lowest BCUT2D eigenvalue weighted by molar-refractivity contribution is 0.112. The van der Waals surface area contributed by atoms with Crippen LogP contribution in [-0.4, -0.2) is 13.4 Å². The smallest absolute Gasteiger partial charge is 0.150 e. The van der Waals surface area contributed by atoms with Crippen molar-refractivity contribution in [3.05, 3.63) is 53.6 Å². The second-order valence-electron chi connectivity index (χ2n) is 3.73. The number of nitriles is 1. The van der Waals surface area contributed by atoms with E-state index in [1.165, 1.54) is 0 Å². The zero-order valence-corrected chi connectivity index (χ0v) is 9.88. The Hall–Kier alpha value is -2.60. The van der Waals surface area contributed by atoms with Crippen LogP contribution in [0.25, 0.3) is 11.1 Å². The van der Waals surface area contributed by atoms with Crippen LogP contribution in [0.1, 0.15) is 15.9 Å². The van der Waals surface area contributed by atoms with E-state index in [0.29, 0.717) is 16.9 Å². The molecule has 0 unspecified atom stereocenters. The van der Waals surface area contributed by atoms with Gasteiger partial charge in [0, 0.05) is 11.1 Å². The molecule has 2 aromatic carbocycles. The lowest BCUT2D eigenvalue weighted by Gasteiger charge is -2.08. The summed E-state index contributed by atoms with van der Waals surface area (Å²) in [6.45, 7) is 0. The number of nitrogens with zero attached hydrogens (tertiary/aromatic N) is 1. The molecule has 2 rings (SSSR count). The molecule has 0 aliphatic rings. The van der Waals surface area contributed by atoms with Gasteiger partial charge < -0.3 is 4.74 Å². The number of rotatable bonds is 3. The third kappa shape index (κ3) is 2.09. The van der Waals surface area contributed by atoms with Gasteiger partial charge in [-0.15, -0.1) is 0 Å². The minimum absolute atomic E-state index is 0.511. The van der Waals surface area contributed by atoms with Crippen molar-refractivity contribution >= 4 is 6.29 Å². The number of carbonyl (C=O) groups is 1. The molecule has 2 aromatic rings. The van der Waals surface area contributed by atoms with Crippen molar-refractivity contribution in [1.82, 2.24) is 0 Å². The van der Waals surface area contributed by atoms with Crippen LogP contribution in [0, 0.1) is 11.3 Å². The van der Waals surface area contributed by atoms with E-state index in [-0.39, 0.29) is 0 Å². The van der Waals surface area contributed by atoms with Crippen LogP contribution in [0.4, 0.5) is 0 Å². The Morgan fingerprint density at radius 1 is 1.17 bits per heavy atom. The molecule has 0 atom stereocenters. The fourth-order valence-corrected chi connectivity index (χ4v) is 1.83. The molecule has 3 heteroatoms. The summed E-state index contributed by atoms with van der Waals surface area (Å²) in [4.78, 5) is 11.1. The van der Waals surface area contributed by atoms with E-state index in [9.17, 15) is 4.79 Å². The molecule has 0 aromatic heterocycles. The molecular formula is C15H11NO2. The van der Waals surface area contributed by atoms with E-state index in [1.54, 1.807) is 37.4 Å². The molecule has 3 nitrogen and oxygen atoms in total. The Morgan fingerprint density at radius 3 is 2.61 bits per heavy atom. The van der Waals surface area contributed by atoms with Crippen molar-refractivity contribution in [1.29, 1.82) is 5.26 Å². The van der Waals surface area contributed by atoms with Gasteiger partial charge in [0.25, 0.3) is 0 Å². The van der Waals surface area contributed by atoms with Crippen LogP contribution in [0.15, 0.2) is 42.5 Å². The third-order valence-electron chi connectivity index (χ3n) is 2.72. The summed E-state index contributed by atoms with van der Waals surface area (Å²) in [6, 6.07) is 14.6. The van der Waals surface area contributed by atoms with E-state index >= 15 is 0 Å². The second-order valence-corrected chi connectivity index (χ2v) is 3.73. The van der Waals surface area contributed by atoms with Crippen molar-refractivity contribution in [2.24, 2.45) is 0 Å². The molecule has 0 amide bonds. The molecule has 0 heterocycles. The Labute approximate surface area is 105 Å². The summed E-state index contributed by atoms with van der Waals surface area (Å²) in [5.41, 5.74) is 2.55. The van der Waals surface area contributed by atoms with Crippen molar-refractivity contribution < 1.29 is 9.53 Å². The Bertz CT molecular complexity index is 627. The van der Waals surface area contributed by atoms with Crippen molar-refractivity contribution in [2.75, 3.05) is 7.11 Å². The van der Waals surface area contributed by atoms with Crippen molar-refractivity contribution in [3.8, 4) is 22.9 Å². The van der Waals surface area contributed by atoms with Crippen molar-refractivity contribution in [3.63, 3.8) is 0 Å². The topological polar surface area (TPSA) is 50.1 Å². The fourth-order valence-electron chi connectivity index (χ4n) is 1.83. The van der Waals surface area contributed by atoms with Gasteiger partial charge in [0.05, 0.1) is 18.7 Å². The standard InChI is InChI=1S/C15H11NO2/c1-18-13-6-7-15(12(8-13)10-17)14-5-3-2-4-11(14)9-16/h2-8,10H,1H3. The Kier molecular flexibility index (Phi) is 3.40. The largest absolute Gasteiger partial charge is 0.497 e. The molecule has 0 bridgehead atoms. The predicted molar refractivity (Wildman–Crippen MR) is 68.5 cm³/mol. The maximum absolute atomic E-state index is 11.1. The minimum atomic E-state index is 0.511. The Morgan fingerprint density at radius 2 is 1.94 bits per heavy atom. The number of hydrogen-bond donors (Lipinski definition) is 0. The van der Waals surface area contributed by atoms with Crippen LogP contribution in [-0.2, 0) is 0 Å². The maximum atomic E-state index is 11.1. The molecule has 88 valence electrons. The molecule has 0 fully saturated rings. The SMILES string of the molecule is COc1ccc(-c2ccccc2C#N)c(C=O)c1. The predicted octanol–water partition coefficient (Wildman–Crippen LogP) is 3.05. The number of hydrogen-bond acceptors (Lipinski definition) is 3. The monoisotopic (exact) mass is 237 g/mol. The van der Waals surface area contributed by atoms with Crippen LogP contribution in [0.3, 0.4) is 0 Å². The number of aldehydes is 1. The van der Waals surface area contributed by atoms with Crippen LogP contribution in [0.2, 0.25) is 0 Å². The molecule has 0 radical (unpaired) electrons. The van der Waals surface area contributed by atoms with E-state index in [4.69, 9.17) is 10.00 Å². The van der Waals surface area contributed by atoms with Crippen LogP contribution < -0.4 is 4.74 Å². The number of carbonyl (C=O) groups excluding carboxylic acids is 1. The van der Waals surface area contributed by atoms with Crippen LogP contribution >= 0.6 is 0 Å². The summed E-state index contributed by atoms with van der Waals surface area (Å²) in [6.07, 6.45) is 0.770. The summed E-state index contributed by atoms with van der Waals surface area (Å²) in [7, 11) is 1.55. The molecule has 0 saturated carbocycles. The molecular weight excluding hydrogens is 226 g/mol. The normalized spacial score (nSPS) is 9.56. The first-order chi connectivity index (χ1) is 8.80. The summed E-state index contributed by atoms with van der Waals surface area (Å²) >= 11 is 0. The molecule has 18 heavy (non-hydrogen) atoms. The highest BCUT2D eigenvalue weighted by Crippen LogP contribution is 2.28. The average Bonchev–Trinajstić information content (AvgIpc) is 2.46. The molecule has 0 spiro atoms. The molecule has 0 aliphatic heterocycles. The van der Waals surface area contributed by atoms with Crippen molar-refractivity contribution in [2.45, 2.75) is 0 Å². The van der Waals surface area contributed by atoms with Gasteiger partial charge in [-0.25, -0.2) is 0 Å². The van der Waals surface area contributed by atoms with Crippen LogP contribution in [0.5, 0.6) is 5.75 Å².